The summed E-state index contributed by atoms with van der Waals surface area (Å²) in [4.78, 5) is 34.1. The fourth-order valence-electron chi connectivity index (χ4n) is 5.81. The Balaban J connectivity index is 1.67. The molecular formula is C28H42N2O9. The maximum Gasteiger partial charge on any atom is 0.308 e. The molecule has 2 fully saturated rings. The monoisotopic (exact) mass is 550 g/mol. The summed E-state index contributed by atoms with van der Waals surface area (Å²) < 4.78 is 28.3. The van der Waals surface area contributed by atoms with Crippen LogP contribution < -0.4 is 14.2 Å². The number of carbonyl (C=O) groups is 2. The number of carboxylic acids is 1. The summed E-state index contributed by atoms with van der Waals surface area (Å²) in [5, 5.41) is 12.0. The summed E-state index contributed by atoms with van der Waals surface area (Å²) in [6.45, 7) is 10.4. The first-order valence-corrected chi connectivity index (χ1v) is 13.8. The number of methoxy groups -OCH3 is 1. The van der Waals surface area contributed by atoms with Gasteiger partial charge in [-0.25, -0.2) is 5.06 Å². The Labute approximate surface area is 230 Å². The normalized spacial score (nSPS) is 23.4. The molecule has 3 atom stereocenters. The average Bonchev–Trinajstić information content (AvgIpc) is 3.66. The van der Waals surface area contributed by atoms with E-state index in [4.69, 9.17) is 28.5 Å². The van der Waals surface area contributed by atoms with Crippen LogP contribution in [0.4, 0.5) is 0 Å². The number of rotatable bonds is 13. The van der Waals surface area contributed by atoms with E-state index in [2.05, 4.69) is 0 Å². The summed E-state index contributed by atoms with van der Waals surface area (Å²) in [6.07, 6.45) is 1.55. The minimum absolute atomic E-state index is 0.0405. The summed E-state index contributed by atoms with van der Waals surface area (Å²) in [7, 11) is 1.54. The molecule has 39 heavy (non-hydrogen) atoms. The van der Waals surface area contributed by atoms with Crippen LogP contribution in [-0.4, -0.2) is 92.6 Å². The van der Waals surface area contributed by atoms with Crippen LogP contribution in [-0.2, 0) is 23.9 Å². The molecule has 0 spiro atoms. The first-order valence-electron chi connectivity index (χ1n) is 13.8. The lowest BCUT2D eigenvalue weighted by molar-refractivity contribution is -0.188. The van der Waals surface area contributed by atoms with E-state index in [1.54, 1.807) is 7.11 Å². The Bertz CT molecular complexity index is 1010. The predicted molar refractivity (Wildman–Crippen MR) is 141 cm³/mol. The summed E-state index contributed by atoms with van der Waals surface area (Å²) in [5.74, 6) is -0.793. The highest BCUT2D eigenvalue weighted by Gasteiger charge is 2.51. The van der Waals surface area contributed by atoms with Gasteiger partial charge in [0.1, 0.15) is 0 Å². The summed E-state index contributed by atoms with van der Waals surface area (Å²) in [6, 6.07) is 3.19. The highest BCUT2D eigenvalue weighted by molar-refractivity contribution is 5.78. The van der Waals surface area contributed by atoms with E-state index in [0.29, 0.717) is 56.6 Å². The van der Waals surface area contributed by atoms with Crippen LogP contribution in [0.2, 0.25) is 0 Å². The Morgan fingerprint density at radius 3 is 2.54 bits per heavy atom. The van der Waals surface area contributed by atoms with Crippen LogP contribution in [0.3, 0.4) is 0 Å². The molecule has 1 N–H and O–H groups in total. The number of nitrogens with zero attached hydrogens (tertiary/aromatic N) is 2. The lowest BCUT2D eigenvalue weighted by Crippen LogP contribution is -2.47. The Morgan fingerprint density at radius 2 is 1.90 bits per heavy atom. The SMILES string of the molecule is CCCON(CCC)C(=O)CN1C[C@H](c2cc(OC)c3c(c2)OCO3)[C@@H](C(=O)O)C1CC(C)(C)C1OCCO1. The van der Waals surface area contributed by atoms with E-state index < -0.39 is 35.6 Å². The quantitative estimate of drug-likeness (QED) is 0.367. The van der Waals surface area contributed by atoms with Gasteiger partial charge >= 0.3 is 5.97 Å². The van der Waals surface area contributed by atoms with Crippen molar-refractivity contribution in [2.24, 2.45) is 11.3 Å². The maximum absolute atomic E-state index is 13.4. The van der Waals surface area contributed by atoms with Gasteiger partial charge in [-0.2, -0.15) is 0 Å². The van der Waals surface area contributed by atoms with Gasteiger partial charge in [0.2, 0.25) is 12.5 Å². The average molecular weight is 551 g/mol. The lowest BCUT2D eigenvalue weighted by Gasteiger charge is -2.37. The maximum atomic E-state index is 13.4. The molecule has 11 heteroatoms. The Morgan fingerprint density at radius 1 is 1.15 bits per heavy atom. The molecule has 3 aliphatic heterocycles. The van der Waals surface area contributed by atoms with Gasteiger partial charge in [0.15, 0.2) is 17.8 Å². The van der Waals surface area contributed by atoms with E-state index >= 15 is 0 Å². The largest absolute Gasteiger partial charge is 0.493 e. The lowest BCUT2D eigenvalue weighted by atomic mass is 9.77. The van der Waals surface area contributed by atoms with Crippen LogP contribution in [0.15, 0.2) is 12.1 Å². The highest BCUT2D eigenvalue weighted by atomic mass is 16.7. The minimum atomic E-state index is -0.923. The fourth-order valence-corrected chi connectivity index (χ4v) is 5.81. The Hall–Kier alpha value is -2.60. The molecule has 0 aliphatic carbocycles. The first-order chi connectivity index (χ1) is 18.7. The number of hydrogen-bond acceptors (Lipinski definition) is 9. The first kappa shape index (κ1) is 29.4. The molecule has 0 saturated carbocycles. The van der Waals surface area contributed by atoms with Crippen LogP contribution >= 0.6 is 0 Å². The second-order valence-electron chi connectivity index (χ2n) is 11.0. The molecular weight excluding hydrogens is 508 g/mol. The number of likely N-dealkylation sites (tertiary alicyclic amines) is 1. The van der Waals surface area contributed by atoms with Crippen LogP contribution in [0.1, 0.15) is 58.4 Å². The van der Waals surface area contributed by atoms with E-state index in [1.807, 2.05) is 44.7 Å². The van der Waals surface area contributed by atoms with E-state index in [1.165, 1.54) is 5.06 Å². The van der Waals surface area contributed by atoms with Crippen molar-refractivity contribution in [2.45, 2.75) is 65.2 Å². The minimum Gasteiger partial charge on any atom is -0.493 e. The molecule has 3 heterocycles. The van der Waals surface area contributed by atoms with Gasteiger partial charge < -0.3 is 28.8 Å². The van der Waals surface area contributed by atoms with Crippen molar-refractivity contribution in [3.05, 3.63) is 17.7 Å². The van der Waals surface area contributed by atoms with Crippen molar-refractivity contribution in [2.75, 3.05) is 53.4 Å². The molecule has 3 aliphatic rings. The number of carboxylic acid groups (broad SMARTS) is 1. The van der Waals surface area contributed by atoms with Gasteiger partial charge in [0, 0.05) is 30.5 Å². The number of hydroxylamine groups is 2. The number of fused-ring (bicyclic) bond motifs is 1. The smallest absolute Gasteiger partial charge is 0.308 e. The molecule has 1 unspecified atom stereocenters. The number of ether oxygens (including phenoxy) is 5. The van der Waals surface area contributed by atoms with Crippen LogP contribution in [0, 0.1) is 11.3 Å². The third kappa shape index (κ3) is 6.42. The molecule has 1 aromatic rings. The van der Waals surface area contributed by atoms with Crippen molar-refractivity contribution in [3.63, 3.8) is 0 Å². The second-order valence-corrected chi connectivity index (χ2v) is 11.0. The molecule has 4 rings (SSSR count). The van der Waals surface area contributed by atoms with Gasteiger partial charge in [0.25, 0.3) is 5.91 Å². The van der Waals surface area contributed by atoms with Crippen LogP contribution in [0.5, 0.6) is 17.2 Å². The van der Waals surface area contributed by atoms with Gasteiger partial charge in [-0.05, 0) is 37.0 Å². The molecule has 218 valence electrons. The number of aliphatic carboxylic acids is 1. The molecule has 2 saturated heterocycles. The molecule has 0 aromatic heterocycles. The zero-order valence-corrected chi connectivity index (χ0v) is 23.6. The van der Waals surface area contributed by atoms with Gasteiger partial charge in [-0.1, -0.05) is 27.7 Å². The predicted octanol–water partition coefficient (Wildman–Crippen LogP) is 3.26. The number of hydrogen-bond donors (Lipinski definition) is 1. The molecule has 1 aromatic carbocycles. The van der Waals surface area contributed by atoms with Gasteiger partial charge in [-0.15, -0.1) is 0 Å². The van der Waals surface area contributed by atoms with Crippen molar-refractivity contribution >= 4 is 11.9 Å². The van der Waals surface area contributed by atoms with E-state index in [-0.39, 0.29) is 19.2 Å². The number of benzene rings is 1. The molecule has 11 nitrogen and oxygen atoms in total. The molecule has 1 amide bonds. The zero-order valence-electron chi connectivity index (χ0n) is 23.6. The fraction of sp³-hybridized carbons (Fsp3) is 0.714. The third-order valence-corrected chi connectivity index (χ3v) is 7.63. The summed E-state index contributed by atoms with van der Waals surface area (Å²) in [5.41, 5.74) is 0.279. The number of amides is 1. The molecule has 0 radical (unpaired) electrons. The third-order valence-electron chi connectivity index (χ3n) is 7.63. The van der Waals surface area contributed by atoms with Gasteiger partial charge in [0.05, 0.1) is 39.4 Å². The highest BCUT2D eigenvalue weighted by Crippen LogP contribution is 2.48. The van der Waals surface area contributed by atoms with Crippen molar-refractivity contribution in [1.82, 2.24) is 9.96 Å². The molecule has 0 bridgehead atoms. The van der Waals surface area contributed by atoms with Crippen LogP contribution in [0.25, 0.3) is 0 Å². The van der Waals surface area contributed by atoms with Crippen molar-refractivity contribution in [3.8, 4) is 17.2 Å². The number of carbonyl (C=O) groups excluding carboxylic acids is 1. The van der Waals surface area contributed by atoms with E-state index in [0.717, 1.165) is 18.4 Å². The summed E-state index contributed by atoms with van der Waals surface area (Å²) >= 11 is 0. The second kappa shape index (κ2) is 12.7. The van der Waals surface area contributed by atoms with E-state index in [9.17, 15) is 14.7 Å². The van der Waals surface area contributed by atoms with Crippen molar-refractivity contribution in [1.29, 1.82) is 0 Å². The topological polar surface area (TPSA) is 116 Å². The Kier molecular flexibility index (Phi) is 9.58. The zero-order chi connectivity index (χ0) is 28.2. The standard InChI is InChI=1S/C28H42N2O9/c1-6-8-30(39-9-7-2)23(31)16-29-15-19(18-12-21(34-5)25-22(13-18)37-17-38-25)24(26(32)33)20(29)14-28(3,4)27-35-10-11-36-27/h12-13,19-20,24,27H,6-11,14-17H2,1-5H3,(H,32,33)/t19-,20?,24-/m1/s1. The van der Waals surface area contributed by atoms with Gasteiger partial charge in [-0.3, -0.25) is 19.3 Å². The van der Waals surface area contributed by atoms with Crippen molar-refractivity contribution < 1.29 is 43.2 Å².